The molecule has 1 aliphatic rings. The van der Waals surface area contributed by atoms with Gasteiger partial charge in [0.25, 0.3) is 0 Å². The lowest BCUT2D eigenvalue weighted by Gasteiger charge is -2.18. The minimum atomic E-state index is -0.340. The summed E-state index contributed by atoms with van der Waals surface area (Å²) in [6, 6.07) is 10.3. The molecule has 144 valence electrons. The normalized spacial score (nSPS) is 19.7. The van der Waals surface area contributed by atoms with Crippen molar-refractivity contribution < 1.29 is 9.13 Å². The maximum atomic E-state index is 13.4. The molecule has 2 unspecified atom stereocenters. The predicted molar refractivity (Wildman–Crippen MR) is 109 cm³/mol. The van der Waals surface area contributed by atoms with Gasteiger partial charge >= 0.3 is 0 Å². The molecule has 1 aliphatic carbocycles. The van der Waals surface area contributed by atoms with E-state index in [0.29, 0.717) is 24.2 Å². The van der Waals surface area contributed by atoms with Crippen molar-refractivity contribution in [1.29, 1.82) is 0 Å². The summed E-state index contributed by atoms with van der Waals surface area (Å²) in [7, 11) is 1.77. The molecule has 1 saturated carbocycles. The summed E-state index contributed by atoms with van der Waals surface area (Å²) >= 11 is 1.93. The number of hydrogen-bond donors (Lipinski definition) is 2. The lowest BCUT2D eigenvalue weighted by molar-refractivity contribution is 0.450. The third-order valence-corrected chi connectivity index (χ3v) is 5.68. The van der Waals surface area contributed by atoms with Crippen LogP contribution in [-0.2, 0) is 6.54 Å². The van der Waals surface area contributed by atoms with E-state index in [1.165, 1.54) is 18.6 Å². The van der Waals surface area contributed by atoms with Crippen LogP contribution in [0.5, 0.6) is 11.6 Å². The van der Waals surface area contributed by atoms with Crippen molar-refractivity contribution in [3.8, 4) is 11.6 Å². The zero-order chi connectivity index (χ0) is 19.1. The standard InChI is InChI=1S/C20H25FN4OS/c1-22-20(25-16-8-9-18(12-16)27-2)24-13-14-5-4-10-23-19(14)26-17-7-3-6-15(21)11-17/h3-7,10-11,16,18H,8-9,12-13H2,1-2H3,(H2,22,24,25). The van der Waals surface area contributed by atoms with Gasteiger partial charge in [-0.05, 0) is 43.7 Å². The maximum Gasteiger partial charge on any atom is 0.224 e. The van der Waals surface area contributed by atoms with E-state index in [9.17, 15) is 4.39 Å². The van der Waals surface area contributed by atoms with Gasteiger partial charge in [-0.25, -0.2) is 9.37 Å². The van der Waals surface area contributed by atoms with Crippen molar-refractivity contribution >= 4 is 17.7 Å². The lowest BCUT2D eigenvalue weighted by atomic mass is 10.2. The van der Waals surface area contributed by atoms with Crippen molar-refractivity contribution in [2.75, 3.05) is 13.3 Å². The van der Waals surface area contributed by atoms with Crippen LogP contribution in [-0.4, -0.2) is 35.5 Å². The van der Waals surface area contributed by atoms with E-state index in [2.05, 4.69) is 26.9 Å². The second-order valence-electron chi connectivity index (χ2n) is 6.46. The minimum Gasteiger partial charge on any atom is -0.439 e. The summed E-state index contributed by atoms with van der Waals surface area (Å²) in [5.41, 5.74) is 0.873. The largest absolute Gasteiger partial charge is 0.439 e. The van der Waals surface area contributed by atoms with Crippen molar-refractivity contribution in [2.24, 2.45) is 4.99 Å². The van der Waals surface area contributed by atoms with E-state index in [1.807, 2.05) is 23.9 Å². The summed E-state index contributed by atoms with van der Waals surface area (Å²) in [5.74, 6) is 1.30. The SMILES string of the molecule is CN=C(NCc1cccnc1Oc1cccc(F)c1)NC1CCC(SC)C1. The Balaban J connectivity index is 1.60. The van der Waals surface area contributed by atoms with Crippen LogP contribution >= 0.6 is 11.8 Å². The zero-order valence-electron chi connectivity index (χ0n) is 15.6. The number of rotatable bonds is 6. The van der Waals surface area contributed by atoms with E-state index >= 15 is 0 Å². The number of hydrogen-bond acceptors (Lipinski definition) is 4. The van der Waals surface area contributed by atoms with E-state index in [4.69, 9.17) is 4.74 Å². The summed E-state index contributed by atoms with van der Waals surface area (Å²) in [6.07, 6.45) is 7.38. The highest BCUT2D eigenvalue weighted by molar-refractivity contribution is 7.99. The molecule has 3 rings (SSSR count). The highest BCUT2D eigenvalue weighted by Gasteiger charge is 2.24. The summed E-state index contributed by atoms with van der Waals surface area (Å²) in [5, 5.41) is 7.54. The molecule has 5 nitrogen and oxygen atoms in total. The molecule has 0 bridgehead atoms. The van der Waals surface area contributed by atoms with Crippen LogP contribution in [0.3, 0.4) is 0 Å². The Morgan fingerprint density at radius 3 is 2.96 bits per heavy atom. The van der Waals surface area contributed by atoms with Gasteiger partial charge in [-0.2, -0.15) is 11.8 Å². The van der Waals surface area contributed by atoms with Crippen LogP contribution in [0.1, 0.15) is 24.8 Å². The van der Waals surface area contributed by atoms with E-state index < -0.39 is 0 Å². The first-order valence-electron chi connectivity index (χ1n) is 9.05. The molecule has 2 N–H and O–H groups in total. The molecule has 1 heterocycles. The molecule has 1 aromatic carbocycles. The van der Waals surface area contributed by atoms with Crippen molar-refractivity contribution in [3.05, 3.63) is 54.0 Å². The second-order valence-corrected chi connectivity index (χ2v) is 7.60. The first kappa shape index (κ1) is 19.5. The van der Waals surface area contributed by atoms with Crippen LogP contribution in [0.15, 0.2) is 47.6 Å². The minimum absolute atomic E-state index is 0.340. The van der Waals surface area contributed by atoms with Gasteiger partial charge in [0.1, 0.15) is 11.6 Å². The number of aliphatic imine (C=N–C) groups is 1. The zero-order valence-corrected chi connectivity index (χ0v) is 16.4. The Morgan fingerprint density at radius 1 is 1.33 bits per heavy atom. The topological polar surface area (TPSA) is 58.5 Å². The first-order chi connectivity index (χ1) is 13.2. The number of ether oxygens (including phenoxy) is 1. The number of aromatic nitrogens is 1. The van der Waals surface area contributed by atoms with Gasteiger partial charge in [0, 0.05) is 42.7 Å². The van der Waals surface area contributed by atoms with Crippen molar-refractivity contribution in [1.82, 2.24) is 15.6 Å². The summed E-state index contributed by atoms with van der Waals surface area (Å²) in [4.78, 5) is 8.60. The van der Waals surface area contributed by atoms with Gasteiger partial charge in [0.05, 0.1) is 0 Å². The predicted octanol–water partition coefficient (Wildman–Crippen LogP) is 3.96. The van der Waals surface area contributed by atoms with Gasteiger partial charge in [0.2, 0.25) is 5.88 Å². The van der Waals surface area contributed by atoms with Crippen LogP contribution < -0.4 is 15.4 Å². The van der Waals surface area contributed by atoms with E-state index in [-0.39, 0.29) is 5.82 Å². The Morgan fingerprint density at radius 2 is 2.22 bits per heavy atom. The second kappa shape index (κ2) is 9.60. The van der Waals surface area contributed by atoms with Gasteiger partial charge in [-0.15, -0.1) is 0 Å². The highest BCUT2D eigenvalue weighted by Crippen LogP contribution is 2.28. The molecule has 27 heavy (non-hydrogen) atoms. The van der Waals surface area contributed by atoms with Crippen LogP contribution in [0.2, 0.25) is 0 Å². The Labute approximate surface area is 163 Å². The molecule has 1 aromatic heterocycles. The Hall–Kier alpha value is -2.28. The molecule has 2 atom stereocenters. The van der Waals surface area contributed by atoms with Crippen LogP contribution in [0.25, 0.3) is 0 Å². The fourth-order valence-electron chi connectivity index (χ4n) is 3.14. The van der Waals surface area contributed by atoms with E-state index in [1.54, 1.807) is 25.4 Å². The molecule has 7 heteroatoms. The smallest absolute Gasteiger partial charge is 0.224 e. The molecule has 0 amide bonds. The molecule has 0 aliphatic heterocycles. The monoisotopic (exact) mass is 388 g/mol. The van der Waals surface area contributed by atoms with Crippen LogP contribution in [0, 0.1) is 5.82 Å². The average Bonchev–Trinajstić information content (AvgIpc) is 3.14. The Bertz CT molecular complexity index is 786. The molecular weight excluding hydrogens is 363 g/mol. The molecule has 0 saturated heterocycles. The molecule has 0 radical (unpaired) electrons. The third-order valence-electron chi connectivity index (χ3n) is 4.59. The van der Waals surface area contributed by atoms with Gasteiger partial charge < -0.3 is 15.4 Å². The van der Waals surface area contributed by atoms with Crippen molar-refractivity contribution in [3.63, 3.8) is 0 Å². The number of halogens is 1. The number of pyridine rings is 1. The third kappa shape index (κ3) is 5.60. The summed E-state index contributed by atoms with van der Waals surface area (Å²) < 4.78 is 19.1. The average molecular weight is 389 g/mol. The molecular formula is C20H25FN4OS. The number of guanidine groups is 1. The molecule has 0 spiro atoms. The van der Waals surface area contributed by atoms with Gasteiger partial charge in [0.15, 0.2) is 5.96 Å². The molecule has 2 aromatic rings. The lowest BCUT2D eigenvalue weighted by Crippen LogP contribution is -2.42. The fraction of sp³-hybridized carbons (Fsp3) is 0.400. The number of nitrogens with zero attached hydrogens (tertiary/aromatic N) is 2. The van der Waals surface area contributed by atoms with Crippen LogP contribution in [0.4, 0.5) is 4.39 Å². The maximum absolute atomic E-state index is 13.4. The quantitative estimate of drug-likeness (QED) is 0.579. The van der Waals surface area contributed by atoms with Crippen molar-refractivity contribution in [2.45, 2.75) is 37.1 Å². The number of benzene rings is 1. The highest BCUT2D eigenvalue weighted by atomic mass is 32.2. The number of thioether (sulfide) groups is 1. The first-order valence-corrected chi connectivity index (χ1v) is 10.3. The van der Waals surface area contributed by atoms with E-state index in [0.717, 1.165) is 29.6 Å². The summed E-state index contributed by atoms with van der Waals surface area (Å²) in [6.45, 7) is 0.511. The van der Waals surface area contributed by atoms with Gasteiger partial charge in [-0.1, -0.05) is 12.1 Å². The van der Waals surface area contributed by atoms with Gasteiger partial charge in [-0.3, -0.25) is 4.99 Å². The fourth-order valence-corrected chi connectivity index (χ4v) is 3.94. The molecule has 1 fully saturated rings. The number of nitrogens with one attached hydrogen (secondary N) is 2. The Kier molecular flexibility index (Phi) is 6.92.